The molecule has 0 radical (unpaired) electrons. The molecule has 0 amide bonds. The Morgan fingerprint density at radius 3 is 2.31 bits per heavy atom. The van der Waals surface area contributed by atoms with Gasteiger partial charge < -0.3 is 19.7 Å². The number of methoxy groups -OCH3 is 1. The predicted octanol–water partition coefficient (Wildman–Crippen LogP) is 4.49. The van der Waals surface area contributed by atoms with E-state index in [-0.39, 0.29) is 17.8 Å². The van der Waals surface area contributed by atoms with Crippen LogP contribution in [0, 0.1) is 11.8 Å². The number of ether oxygens (including phenoxy) is 2. The minimum Gasteiger partial charge on any atom is -0.468 e. The number of allylic oxidation sites excluding steroid dienone is 3. The number of benzene rings is 1. The lowest BCUT2D eigenvalue weighted by Crippen LogP contribution is -2.43. The highest BCUT2D eigenvalue weighted by molar-refractivity contribution is 6.12. The minimum atomic E-state index is -0.900. The molecule has 1 aromatic rings. The monoisotopic (exact) mass is 482 g/mol. The summed E-state index contributed by atoms with van der Waals surface area (Å²) >= 11 is 0. The van der Waals surface area contributed by atoms with Gasteiger partial charge in [0.05, 0.1) is 18.8 Å². The first-order valence-corrected chi connectivity index (χ1v) is 12.6. The third-order valence-electron chi connectivity index (χ3n) is 7.20. The van der Waals surface area contributed by atoms with E-state index in [0.717, 1.165) is 30.0 Å². The van der Waals surface area contributed by atoms with Crippen molar-refractivity contribution in [2.75, 3.05) is 25.1 Å². The number of nitrogens with one attached hydrogen (secondary N) is 1. The topological polar surface area (TPSA) is 84.9 Å². The average Bonchev–Trinajstić information content (AvgIpc) is 2.83. The molecule has 4 atom stereocenters. The van der Waals surface area contributed by atoms with Crippen molar-refractivity contribution in [2.24, 2.45) is 11.8 Å². The molecule has 0 saturated carbocycles. The number of hydrogen-bond acceptors (Lipinski definition) is 7. The first-order chi connectivity index (χ1) is 16.7. The molecule has 7 nitrogen and oxygen atoms in total. The highest BCUT2D eigenvalue weighted by Gasteiger charge is 2.47. The van der Waals surface area contributed by atoms with Gasteiger partial charge in [-0.15, -0.1) is 0 Å². The molecule has 1 aliphatic heterocycles. The zero-order chi connectivity index (χ0) is 25.9. The molecule has 1 aromatic carbocycles. The fourth-order valence-electron chi connectivity index (χ4n) is 5.08. The van der Waals surface area contributed by atoms with Crippen LogP contribution in [0.4, 0.5) is 5.69 Å². The molecular weight excluding hydrogens is 444 g/mol. The molecule has 2 aliphatic rings. The first-order valence-electron chi connectivity index (χ1n) is 12.6. The number of anilines is 1. The molecule has 0 saturated heterocycles. The highest BCUT2D eigenvalue weighted by atomic mass is 16.5. The minimum absolute atomic E-state index is 0.215. The van der Waals surface area contributed by atoms with Gasteiger partial charge in [0.15, 0.2) is 5.78 Å². The molecule has 1 N–H and O–H groups in total. The van der Waals surface area contributed by atoms with E-state index in [9.17, 15) is 14.4 Å². The fraction of sp³-hybridized carbons (Fsp3) is 0.536. The van der Waals surface area contributed by atoms with Crippen molar-refractivity contribution in [3.05, 3.63) is 52.4 Å². The average molecular weight is 483 g/mol. The van der Waals surface area contributed by atoms with E-state index in [0.29, 0.717) is 29.7 Å². The summed E-state index contributed by atoms with van der Waals surface area (Å²) in [5, 5.41) is 3.30. The lowest BCUT2D eigenvalue weighted by atomic mass is 9.69. The maximum atomic E-state index is 13.8. The van der Waals surface area contributed by atoms with Crippen molar-refractivity contribution in [3.63, 3.8) is 0 Å². The summed E-state index contributed by atoms with van der Waals surface area (Å²) in [4.78, 5) is 42.0. The van der Waals surface area contributed by atoms with Crippen LogP contribution in [0.25, 0.3) is 0 Å². The maximum absolute atomic E-state index is 13.8. The van der Waals surface area contributed by atoms with Crippen molar-refractivity contribution in [1.29, 1.82) is 0 Å². The Morgan fingerprint density at radius 1 is 1.14 bits per heavy atom. The number of esters is 2. The summed E-state index contributed by atoms with van der Waals surface area (Å²) in [7, 11) is 1.30. The van der Waals surface area contributed by atoms with Crippen molar-refractivity contribution in [2.45, 2.75) is 66.4 Å². The molecule has 0 aromatic heterocycles. The number of dihydropyridines is 1. The van der Waals surface area contributed by atoms with Gasteiger partial charge in [-0.1, -0.05) is 26.0 Å². The van der Waals surface area contributed by atoms with Crippen LogP contribution in [0.3, 0.4) is 0 Å². The lowest BCUT2D eigenvalue weighted by Gasteiger charge is -2.38. The van der Waals surface area contributed by atoms with Crippen LogP contribution < -0.4 is 10.2 Å². The van der Waals surface area contributed by atoms with E-state index in [1.54, 1.807) is 0 Å². The third kappa shape index (κ3) is 5.14. The molecule has 35 heavy (non-hydrogen) atoms. The van der Waals surface area contributed by atoms with Gasteiger partial charge in [-0.2, -0.15) is 0 Å². The second-order valence-electron chi connectivity index (χ2n) is 9.42. The van der Waals surface area contributed by atoms with Crippen molar-refractivity contribution < 1.29 is 23.9 Å². The Morgan fingerprint density at radius 2 is 1.77 bits per heavy atom. The molecule has 0 bridgehead atoms. The van der Waals surface area contributed by atoms with Crippen LogP contribution in [-0.4, -0.2) is 44.0 Å². The molecule has 0 fully saturated rings. The second-order valence-corrected chi connectivity index (χ2v) is 9.42. The van der Waals surface area contributed by atoms with Gasteiger partial charge >= 0.3 is 11.9 Å². The smallest absolute Gasteiger partial charge is 0.337 e. The van der Waals surface area contributed by atoms with Crippen molar-refractivity contribution >= 4 is 23.4 Å². The summed E-state index contributed by atoms with van der Waals surface area (Å²) in [6.45, 7) is 13.5. The van der Waals surface area contributed by atoms with E-state index < -0.39 is 23.8 Å². The lowest BCUT2D eigenvalue weighted by molar-refractivity contribution is -0.151. The summed E-state index contributed by atoms with van der Waals surface area (Å²) in [5.74, 6) is -3.02. The van der Waals surface area contributed by atoms with Gasteiger partial charge in [-0.05, 0) is 64.2 Å². The number of ketones is 1. The van der Waals surface area contributed by atoms with Crippen molar-refractivity contribution in [3.8, 4) is 0 Å². The normalized spacial score (nSPS) is 22.8. The zero-order valence-corrected chi connectivity index (χ0v) is 21.9. The molecule has 1 aliphatic carbocycles. The number of hydrogen-bond donors (Lipinski definition) is 1. The largest absolute Gasteiger partial charge is 0.468 e. The molecule has 3 rings (SSSR count). The summed E-state index contributed by atoms with van der Waals surface area (Å²) in [6.07, 6.45) is 0.942. The predicted molar refractivity (Wildman–Crippen MR) is 136 cm³/mol. The standard InChI is InChI=1S/C28H38N2O5/c1-8-17(5)35-28(33)23-18(6)29-21-15-16(4)22(27(32)34-7)26(31)25(21)24(23)19-11-13-20(14-12-19)30(9-2)10-3/h11-14,16-17,22,24,29H,8-10,15H2,1-7H3/t16-,17-,22-,24+/m1/s1. The summed E-state index contributed by atoms with van der Waals surface area (Å²) < 4.78 is 10.7. The summed E-state index contributed by atoms with van der Waals surface area (Å²) in [5.41, 5.74) is 4.19. The van der Waals surface area contributed by atoms with Crippen molar-refractivity contribution in [1.82, 2.24) is 5.32 Å². The Hall–Kier alpha value is -3.09. The Kier molecular flexibility index (Phi) is 8.41. The number of rotatable bonds is 8. The van der Waals surface area contributed by atoms with Gasteiger partial charge in [0.1, 0.15) is 5.92 Å². The number of nitrogens with zero attached hydrogens (tertiary/aromatic N) is 1. The van der Waals surface area contributed by atoms with Gasteiger partial charge in [0, 0.05) is 41.7 Å². The highest BCUT2D eigenvalue weighted by Crippen LogP contribution is 2.45. The molecule has 0 spiro atoms. The Labute approximate surface area is 208 Å². The van der Waals surface area contributed by atoms with Crippen LogP contribution >= 0.6 is 0 Å². The third-order valence-corrected chi connectivity index (χ3v) is 7.20. The zero-order valence-electron chi connectivity index (χ0n) is 21.9. The first kappa shape index (κ1) is 26.5. The second kappa shape index (κ2) is 11.1. The van der Waals surface area contributed by atoms with E-state index >= 15 is 0 Å². The number of Topliss-reactive ketones (excluding diaryl/α,β-unsaturated/α-hetero) is 1. The molecule has 7 heteroatoms. The van der Waals surface area contributed by atoms with E-state index in [1.807, 2.05) is 52.0 Å². The molecule has 1 heterocycles. The van der Waals surface area contributed by atoms with Crippen LogP contribution in [0.5, 0.6) is 0 Å². The van der Waals surface area contributed by atoms with E-state index in [4.69, 9.17) is 9.47 Å². The van der Waals surface area contributed by atoms with Crippen LogP contribution in [-0.2, 0) is 23.9 Å². The van der Waals surface area contributed by atoms with Gasteiger partial charge in [-0.3, -0.25) is 9.59 Å². The number of carbonyl (C=O) groups excluding carboxylic acids is 3. The Bertz CT molecular complexity index is 1040. The van der Waals surface area contributed by atoms with E-state index in [1.165, 1.54) is 7.11 Å². The van der Waals surface area contributed by atoms with Gasteiger partial charge in [0.2, 0.25) is 0 Å². The maximum Gasteiger partial charge on any atom is 0.337 e. The number of carbonyl (C=O) groups is 3. The SMILES string of the molecule is CC[C@@H](C)OC(=O)C1=C(C)NC2=C(C(=O)[C@H](C(=O)OC)[C@H](C)C2)[C@H]1c1ccc(N(CC)CC)cc1. The molecule has 190 valence electrons. The van der Waals surface area contributed by atoms with Gasteiger partial charge in [-0.25, -0.2) is 4.79 Å². The molecular formula is C28H38N2O5. The van der Waals surface area contributed by atoms with E-state index in [2.05, 4.69) is 24.1 Å². The van der Waals surface area contributed by atoms with Crippen LogP contribution in [0.2, 0.25) is 0 Å². The quantitative estimate of drug-likeness (QED) is 0.432. The van der Waals surface area contributed by atoms with Gasteiger partial charge in [0.25, 0.3) is 0 Å². The summed E-state index contributed by atoms with van der Waals surface area (Å²) in [6, 6.07) is 7.98. The van der Waals surface area contributed by atoms with Crippen LogP contribution in [0.1, 0.15) is 65.9 Å². The van der Waals surface area contributed by atoms with Crippen LogP contribution in [0.15, 0.2) is 46.8 Å². The molecule has 0 unspecified atom stereocenters. The Balaban J connectivity index is 2.15. The fourth-order valence-corrected chi connectivity index (χ4v) is 5.08.